The van der Waals surface area contributed by atoms with Gasteiger partial charge in [-0.1, -0.05) is 133 Å². The highest BCUT2D eigenvalue weighted by Gasteiger charge is 2.65. The standard InChI is InChI=1S/C32H30N2S2/c1-31(23-24-15-7-3-8-16-24)32(35-29(33-31)26-19-11-5-12-20-26)28(25-17-9-4-10-18-25)34(2)30(36-32)27-21-13-6-14-22-27/h3-22,28,30H,23H2,1-2H3/t28-,30+,31-,32+/m0/s1. The van der Waals surface area contributed by atoms with Crippen LogP contribution in [0.2, 0.25) is 0 Å². The Kier molecular flexibility index (Phi) is 6.28. The normalized spacial score (nSPS) is 27.9. The van der Waals surface area contributed by atoms with E-state index in [0.717, 1.165) is 11.5 Å². The second-order valence-corrected chi connectivity index (χ2v) is 12.7. The molecule has 0 amide bonds. The number of nitrogens with zero attached hydrogens (tertiary/aromatic N) is 2. The summed E-state index contributed by atoms with van der Waals surface area (Å²) in [7, 11) is 2.29. The van der Waals surface area contributed by atoms with Crippen molar-refractivity contribution in [2.45, 2.75) is 34.4 Å². The molecule has 6 rings (SSSR count). The molecule has 180 valence electrons. The second kappa shape index (κ2) is 9.59. The first kappa shape index (κ1) is 23.6. The Morgan fingerprint density at radius 3 is 1.86 bits per heavy atom. The summed E-state index contributed by atoms with van der Waals surface area (Å²) in [5.74, 6) is 0. The fraction of sp³-hybridized carbons (Fsp3) is 0.219. The lowest BCUT2D eigenvalue weighted by molar-refractivity contribution is 0.210. The molecule has 0 radical (unpaired) electrons. The lowest BCUT2D eigenvalue weighted by Gasteiger charge is -2.42. The first-order valence-corrected chi connectivity index (χ1v) is 14.2. The Morgan fingerprint density at radius 1 is 0.722 bits per heavy atom. The van der Waals surface area contributed by atoms with E-state index in [4.69, 9.17) is 4.99 Å². The molecule has 4 aromatic rings. The van der Waals surface area contributed by atoms with Gasteiger partial charge < -0.3 is 0 Å². The topological polar surface area (TPSA) is 15.6 Å². The molecule has 2 aliphatic heterocycles. The van der Waals surface area contributed by atoms with Crippen LogP contribution < -0.4 is 0 Å². The van der Waals surface area contributed by atoms with Crippen molar-refractivity contribution >= 4 is 28.6 Å². The zero-order valence-electron chi connectivity index (χ0n) is 20.6. The van der Waals surface area contributed by atoms with Gasteiger partial charge in [0.1, 0.15) is 4.08 Å². The van der Waals surface area contributed by atoms with Gasteiger partial charge in [-0.3, -0.25) is 9.89 Å². The van der Waals surface area contributed by atoms with Crippen molar-refractivity contribution in [1.82, 2.24) is 4.90 Å². The van der Waals surface area contributed by atoms with Crippen LogP contribution in [0.4, 0.5) is 0 Å². The van der Waals surface area contributed by atoms with Crippen LogP contribution in [0.3, 0.4) is 0 Å². The molecule has 2 heterocycles. The summed E-state index contributed by atoms with van der Waals surface area (Å²) in [5.41, 5.74) is 4.92. The van der Waals surface area contributed by atoms with Crippen molar-refractivity contribution in [1.29, 1.82) is 0 Å². The molecule has 4 heteroatoms. The molecule has 4 aromatic carbocycles. The quantitative estimate of drug-likeness (QED) is 0.273. The van der Waals surface area contributed by atoms with E-state index >= 15 is 0 Å². The number of rotatable bonds is 5. The largest absolute Gasteiger partial charge is 0.281 e. The lowest BCUT2D eigenvalue weighted by atomic mass is 9.83. The number of benzene rings is 4. The monoisotopic (exact) mass is 506 g/mol. The zero-order valence-corrected chi connectivity index (χ0v) is 22.3. The van der Waals surface area contributed by atoms with Crippen LogP contribution in [0.5, 0.6) is 0 Å². The van der Waals surface area contributed by atoms with Gasteiger partial charge >= 0.3 is 0 Å². The summed E-state index contributed by atoms with van der Waals surface area (Å²) in [5, 5.41) is 1.38. The van der Waals surface area contributed by atoms with Crippen LogP contribution in [-0.2, 0) is 6.42 Å². The molecule has 0 unspecified atom stereocenters. The van der Waals surface area contributed by atoms with Gasteiger partial charge in [0.25, 0.3) is 0 Å². The van der Waals surface area contributed by atoms with Crippen molar-refractivity contribution in [2.75, 3.05) is 7.05 Å². The minimum Gasteiger partial charge on any atom is -0.281 e. The molecule has 1 spiro atoms. The Balaban J connectivity index is 1.53. The fourth-order valence-electron chi connectivity index (χ4n) is 5.67. The SMILES string of the molecule is CN1[C@@H](c2ccccc2)S[C@]2(SC(c3ccccc3)=N[C@@]2(C)Cc2ccccc2)[C@@H]1c1ccccc1. The average Bonchev–Trinajstić information content (AvgIpc) is 3.39. The average molecular weight is 507 g/mol. The maximum atomic E-state index is 5.59. The highest BCUT2D eigenvalue weighted by atomic mass is 32.2. The smallest absolute Gasteiger partial charge is 0.114 e. The lowest BCUT2D eigenvalue weighted by Crippen LogP contribution is -2.48. The predicted molar refractivity (Wildman–Crippen MR) is 156 cm³/mol. The second-order valence-electron chi connectivity index (χ2n) is 9.85. The molecule has 0 N–H and O–H groups in total. The van der Waals surface area contributed by atoms with Gasteiger partial charge in [-0.05, 0) is 37.1 Å². The van der Waals surface area contributed by atoms with E-state index in [9.17, 15) is 0 Å². The van der Waals surface area contributed by atoms with Crippen LogP contribution in [0.25, 0.3) is 0 Å². The van der Waals surface area contributed by atoms with Gasteiger partial charge in [0.2, 0.25) is 0 Å². The molecule has 0 saturated carbocycles. The molecular weight excluding hydrogens is 477 g/mol. The van der Waals surface area contributed by atoms with E-state index in [1.165, 1.54) is 22.3 Å². The van der Waals surface area contributed by atoms with Gasteiger partial charge in [0, 0.05) is 5.56 Å². The molecule has 0 aromatic heterocycles. The fourth-order valence-corrected chi connectivity index (χ4v) is 9.63. The minimum absolute atomic E-state index is 0.192. The van der Waals surface area contributed by atoms with Crippen molar-refractivity contribution in [3.63, 3.8) is 0 Å². The summed E-state index contributed by atoms with van der Waals surface area (Å²) < 4.78 is -0.204. The number of hydrogen-bond donors (Lipinski definition) is 0. The molecule has 1 saturated heterocycles. The van der Waals surface area contributed by atoms with Crippen LogP contribution >= 0.6 is 23.5 Å². The Labute approximate surface area is 222 Å². The summed E-state index contributed by atoms with van der Waals surface area (Å²) in [6.07, 6.45) is 0.892. The maximum absolute atomic E-state index is 5.59. The third-order valence-electron chi connectivity index (χ3n) is 7.38. The van der Waals surface area contributed by atoms with Crippen LogP contribution in [0.1, 0.15) is 40.6 Å². The Hall–Kier alpha value is -2.79. The third-order valence-corrected chi connectivity index (χ3v) is 11.2. The van der Waals surface area contributed by atoms with Crippen molar-refractivity contribution in [3.8, 4) is 0 Å². The van der Waals surface area contributed by atoms with E-state index in [2.05, 4.69) is 152 Å². The maximum Gasteiger partial charge on any atom is 0.114 e. The highest BCUT2D eigenvalue weighted by Crippen LogP contribution is 2.70. The van der Waals surface area contributed by atoms with E-state index in [-0.39, 0.29) is 21.0 Å². The molecule has 1 fully saturated rings. The first-order valence-electron chi connectivity index (χ1n) is 12.5. The zero-order chi connectivity index (χ0) is 24.6. The van der Waals surface area contributed by atoms with Crippen molar-refractivity contribution < 1.29 is 0 Å². The van der Waals surface area contributed by atoms with Crippen molar-refractivity contribution in [3.05, 3.63) is 144 Å². The van der Waals surface area contributed by atoms with Crippen molar-refractivity contribution in [2.24, 2.45) is 4.99 Å². The number of hydrogen-bond acceptors (Lipinski definition) is 4. The summed E-state index contributed by atoms with van der Waals surface area (Å²) in [6, 6.07) is 43.8. The van der Waals surface area contributed by atoms with E-state index in [1.807, 2.05) is 11.8 Å². The summed E-state index contributed by atoms with van der Waals surface area (Å²) in [4.78, 5) is 8.17. The van der Waals surface area contributed by atoms with Gasteiger partial charge in [0.05, 0.1) is 22.0 Å². The molecule has 0 aliphatic carbocycles. The molecule has 36 heavy (non-hydrogen) atoms. The Bertz CT molecular complexity index is 1340. The number of thioether (sulfide) groups is 2. The first-order chi connectivity index (χ1) is 17.6. The van der Waals surface area contributed by atoms with E-state index in [0.29, 0.717) is 0 Å². The Morgan fingerprint density at radius 2 is 1.25 bits per heavy atom. The summed E-state index contributed by atoms with van der Waals surface area (Å²) in [6.45, 7) is 2.38. The van der Waals surface area contributed by atoms with Crippen LogP contribution in [0.15, 0.2) is 126 Å². The molecule has 2 aliphatic rings. The predicted octanol–water partition coefficient (Wildman–Crippen LogP) is 8.00. The van der Waals surface area contributed by atoms with Gasteiger partial charge in [-0.15, -0.1) is 11.8 Å². The van der Waals surface area contributed by atoms with Gasteiger partial charge in [-0.2, -0.15) is 0 Å². The molecule has 2 nitrogen and oxygen atoms in total. The highest BCUT2D eigenvalue weighted by molar-refractivity contribution is 8.27. The molecule has 0 bridgehead atoms. The number of aliphatic imine (C=N–C) groups is 1. The van der Waals surface area contributed by atoms with Gasteiger partial charge in [-0.25, -0.2) is 0 Å². The van der Waals surface area contributed by atoms with E-state index in [1.54, 1.807) is 0 Å². The van der Waals surface area contributed by atoms with Crippen LogP contribution in [0, 0.1) is 0 Å². The molecule has 4 atom stereocenters. The van der Waals surface area contributed by atoms with Crippen LogP contribution in [-0.4, -0.2) is 26.6 Å². The summed E-state index contributed by atoms with van der Waals surface area (Å²) >= 11 is 4.06. The minimum atomic E-state index is -0.312. The third kappa shape index (κ3) is 4.02. The van der Waals surface area contributed by atoms with Gasteiger partial charge in [0.15, 0.2) is 0 Å². The molecular formula is C32H30N2S2. The van der Waals surface area contributed by atoms with E-state index < -0.39 is 0 Å².